The molecule has 2 unspecified atom stereocenters. The van der Waals surface area contributed by atoms with Crippen molar-refractivity contribution in [2.45, 2.75) is 37.6 Å². The van der Waals surface area contributed by atoms with Crippen LogP contribution in [0.1, 0.15) is 38.3 Å². The minimum absolute atomic E-state index is 0.0595. The maximum atomic E-state index is 13.7. The van der Waals surface area contributed by atoms with E-state index in [0.717, 1.165) is 35.1 Å². The van der Waals surface area contributed by atoms with Crippen LogP contribution in [0.2, 0.25) is 0 Å². The van der Waals surface area contributed by atoms with Crippen LogP contribution in [-0.2, 0) is 0 Å². The second kappa shape index (κ2) is 4.53. The number of hydrogen-bond donors (Lipinski definition) is 1. The molecule has 2 atom stereocenters. The minimum Gasteiger partial charge on any atom is -0.310 e. The van der Waals surface area contributed by atoms with Gasteiger partial charge in [0.05, 0.1) is 0 Å². The molecule has 0 bridgehead atoms. The average molecular weight is 265 g/mol. The van der Waals surface area contributed by atoms with Crippen molar-refractivity contribution in [3.63, 3.8) is 0 Å². The zero-order valence-corrected chi connectivity index (χ0v) is 11.8. The Balaban J connectivity index is 1.70. The molecule has 0 amide bonds. The van der Waals surface area contributed by atoms with Crippen molar-refractivity contribution in [3.05, 3.63) is 29.6 Å². The lowest BCUT2D eigenvalue weighted by atomic mass is 10.0. The first-order chi connectivity index (χ1) is 8.58. The normalized spacial score (nSPS) is 28.8. The Bertz CT molecular complexity index is 458. The molecule has 0 saturated heterocycles. The molecule has 0 aromatic heterocycles. The van der Waals surface area contributed by atoms with E-state index in [1.54, 1.807) is 17.8 Å². The van der Waals surface area contributed by atoms with Gasteiger partial charge in [0, 0.05) is 10.9 Å². The summed E-state index contributed by atoms with van der Waals surface area (Å²) >= 11 is 1.65. The molecular weight excluding hydrogens is 245 g/mol. The number of thioether (sulfide) groups is 1. The van der Waals surface area contributed by atoms with Crippen LogP contribution in [0.4, 0.5) is 4.39 Å². The van der Waals surface area contributed by atoms with Crippen LogP contribution in [0.15, 0.2) is 23.1 Å². The van der Waals surface area contributed by atoms with Gasteiger partial charge in [0.15, 0.2) is 0 Å². The first-order valence-electron chi connectivity index (χ1n) is 6.72. The molecule has 1 saturated carbocycles. The van der Waals surface area contributed by atoms with Crippen molar-refractivity contribution in [2.75, 3.05) is 12.3 Å². The second-order valence-corrected chi connectivity index (χ2v) is 7.25. The van der Waals surface area contributed by atoms with Crippen LogP contribution >= 0.6 is 11.8 Å². The van der Waals surface area contributed by atoms with Gasteiger partial charge in [-0.2, -0.15) is 0 Å². The van der Waals surface area contributed by atoms with Gasteiger partial charge < -0.3 is 5.32 Å². The summed E-state index contributed by atoms with van der Waals surface area (Å²) in [7, 11) is 0. The Morgan fingerprint density at radius 2 is 2.22 bits per heavy atom. The number of benzene rings is 1. The fourth-order valence-electron chi connectivity index (χ4n) is 2.81. The van der Waals surface area contributed by atoms with Gasteiger partial charge in [-0.25, -0.2) is 4.39 Å². The summed E-state index contributed by atoms with van der Waals surface area (Å²) in [6, 6.07) is 5.81. The van der Waals surface area contributed by atoms with Gasteiger partial charge in [-0.3, -0.25) is 0 Å². The lowest BCUT2D eigenvalue weighted by Gasteiger charge is -2.26. The molecule has 3 heteroatoms. The predicted octanol–water partition coefficient (Wildman–Crippen LogP) is 4.00. The Hall–Kier alpha value is -0.540. The summed E-state index contributed by atoms with van der Waals surface area (Å²) < 4.78 is 13.7. The highest BCUT2D eigenvalue weighted by Crippen LogP contribution is 2.51. The molecule has 3 rings (SSSR count). The highest BCUT2D eigenvalue weighted by atomic mass is 32.2. The lowest BCUT2D eigenvalue weighted by Crippen LogP contribution is -2.27. The van der Waals surface area contributed by atoms with Crippen LogP contribution in [0.5, 0.6) is 0 Å². The standard InChI is InChI=1S/C15H20FNS/c1-15(2)8-10(15)9-17-13-6-7-18-14-11(13)4-3-5-12(14)16/h3-5,10,13,17H,6-9H2,1-2H3. The first-order valence-corrected chi connectivity index (χ1v) is 7.71. The van der Waals surface area contributed by atoms with E-state index in [2.05, 4.69) is 25.2 Å². The zero-order valence-electron chi connectivity index (χ0n) is 11.0. The third kappa shape index (κ3) is 2.30. The number of hydrogen-bond acceptors (Lipinski definition) is 2. The summed E-state index contributed by atoms with van der Waals surface area (Å²) in [4.78, 5) is 0.858. The number of fused-ring (bicyclic) bond motifs is 1. The van der Waals surface area contributed by atoms with Crippen LogP contribution in [0.3, 0.4) is 0 Å². The number of rotatable bonds is 3. The van der Waals surface area contributed by atoms with Crippen LogP contribution in [0, 0.1) is 17.2 Å². The Morgan fingerprint density at radius 3 is 2.94 bits per heavy atom. The van der Waals surface area contributed by atoms with E-state index in [9.17, 15) is 4.39 Å². The van der Waals surface area contributed by atoms with Gasteiger partial charge in [0.25, 0.3) is 0 Å². The molecule has 2 aliphatic rings. The Kier molecular flexibility index (Phi) is 3.15. The molecule has 1 heterocycles. The minimum atomic E-state index is -0.0595. The maximum absolute atomic E-state index is 13.7. The predicted molar refractivity (Wildman–Crippen MR) is 74.4 cm³/mol. The summed E-state index contributed by atoms with van der Waals surface area (Å²) in [6.45, 7) is 5.71. The van der Waals surface area contributed by atoms with Crippen LogP contribution in [-0.4, -0.2) is 12.3 Å². The van der Waals surface area contributed by atoms with Gasteiger partial charge in [0.1, 0.15) is 5.82 Å². The molecule has 0 spiro atoms. The summed E-state index contributed by atoms with van der Waals surface area (Å²) in [6.07, 6.45) is 2.42. The summed E-state index contributed by atoms with van der Waals surface area (Å²) in [5.74, 6) is 1.75. The monoisotopic (exact) mass is 265 g/mol. The molecule has 1 nitrogen and oxygen atoms in total. The first kappa shape index (κ1) is 12.5. The molecule has 1 aromatic rings. The van der Waals surface area contributed by atoms with Crippen molar-refractivity contribution in [1.82, 2.24) is 5.32 Å². The van der Waals surface area contributed by atoms with Gasteiger partial charge in [-0.1, -0.05) is 26.0 Å². The number of halogens is 1. The molecule has 1 fully saturated rings. The quantitative estimate of drug-likeness (QED) is 0.886. The van der Waals surface area contributed by atoms with Crippen molar-refractivity contribution in [3.8, 4) is 0 Å². The molecule has 1 N–H and O–H groups in total. The largest absolute Gasteiger partial charge is 0.310 e. The molecule has 18 heavy (non-hydrogen) atoms. The molecule has 1 aliphatic carbocycles. The molecular formula is C15H20FNS. The van der Waals surface area contributed by atoms with E-state index in [-0.39, 0.29) is 5.82 Å². The van der Waals surface area contributed by atoms with Crippen molar-refractivity contribution in [2.24, 2.45) is 11.3 Å². The SMILES string of the molecule is CC1(C)CC1CNC1CCSc2c(F)cccc21. The van der Waals surface area contributed by atoms with Crippen molar-refractivity contribution in [1.29, 1.82) is 0 Å². The highest BCUT2D eigenvalue weighted by molar-refractivity contribution is 7.99. The van der Waals surface area contributed by atoms with E-state index in [1.807, 2.05) is 6.07 Å². The van der Waals surface area contributed by atoms with Gasteiger partial charge in [-0.05, 0) is 48.1 Å². The fraction of sp³-hybridized carbons (Fsp3) is 0.600. The number of nitrogens with one attached hydrogen (secondary N) is 1. The van der Waals surface area contributed by atoms with E-state index < -0.39 is 0 Å². The van der Waals surface area contributed by atoms with Gasteiger partial charge >= 0.3 is 0 Å². The van der Waals surface area contributed by atoms with Crippen LogP contribution in [0.25, 0.3) is 0 Å². The molecule has 98 valence electrons. The zero-order chi connectivity index (χ0) is 12.8. The van der Waals surface area contributed by atoms with Crippen molar-refractivity contribution < 1.29 is 4.39 Å². The Labute approximate surface area is 113 Å². The van der Waals surface area contributed by atoms with E-state index in [0.29, 0.717) is 11.5 Å². The van der Waals surface area contributed by atoms with E-state index in [4.69, 9.17) is 0 Å². The molecule has 1 aromatic carbocycles. The third-order valence-electron chi connectivity index (χ3n) is 4.35. The maximum Gasteiger partial charge on any atom is 0.137 e. The Morgan fingerprint density at radius 1 is 1.44 bits per heavy atom. The average Bonchev–Trinajstić information content (AvgIpc) is 2.95. The molecule has 1 aliphatic heterocycles. The second-order valence-electron chi connectivity index (χ2n) is 6.15. The van der Waals surface area contributed by atoms with Crippen molar-refractivity contribution >= 4 is 11.8 Å². The summed E-state index contributed by atoms with van der Waals surface area (Å²) in [5, 5.41) is 3.64. The van der Waals surface area contributed by atoms with E-state index in [1.165, 1.54) is 6.42 Å². The summed E-state index contributed by atoms with van der Waals surface area (Å²) in [5.41, 5.74) is 1.67. The van der Waals surface area contributed by atoms with Gasteiger partial charge in [0.2, 0.25) is 0 Å². The van der Waals surface area contributed by atoms with E-state index >= 15 is 0 Å². The smallest absolute Gasteiger partial charge is 0.137 e. The van der Waals surface area contributed by atoms with Crippen LogP contribution < -0.4 is 5.32 Å². The van der Waals surface area contributed by atoms with Gasteiger partial charge in [-0.15, -0.1) is 11.8 Å². The topological polar surface area (TPSA) is 12.0 Å². The highest BCUT2D eigenvalue weighted by Gasteiger charge is 2.45. The third-order valence-corrected chi connectivity index (χ3v) is 5.51. The fourth-order valence-corrected chi connectivity index (χ4v) is 3.95. The molecule has 0 radical (unpaired) electrons. The lowest BCUT2D eigenvalue weighted by molar-refractivity contribution is 0.451.